The number of rotatable bonds is 2. The highest BCUT2D eigenvalue weighted by molar-refractivity contribution is 5.68. The van der Waals surface area contributed by atoms with Crippen LogP contribution in [0.2, 0.25) is 0 Å². The molecule has 4 heteroatoms. The largest absolute Gasteiger partial charge is 0.444 e. The van der Waals surface area contributed by atoms with Crippen molar-refractivity contribution < 1.29 is 9.53 Å². The standard InChI is InChI=1S/C14H22N2O2/c1-9-8-11(6-7-12(9)15)10(2)16-13(17)18-14(3,4)5/h6-8,10H,15H2,1-5H3,(H,16,17)/t10-/m0/s1. The monoisotopic (exact) mass is 250 g/mol. The summed E-state index contributed by atoms with van der Waals surface area (Å²) in [5.74, 6) is 0. The molecule has 0 spiro atoms. The molecule has 0 aliphatic carbocycles. The predicted molar refractivity (Wildman–Crippen MR) is 73.4 cm³/mol. The van der Waals surface area contributed by atoms with Gasteiger partial charge in [-0.05, 0) is 51.8 Å². The molecule has 0 saturated heterocycles. The lowest BCUT2D eigenvalue weighted by atomic mass is 10.0. The number of hydrogen-bond acceptors (Lipinski definition) is 3. The van der Waals surface area contributed by atoms with Crippen molar-refractivity contribution in [1.29, 1.82) is 0 Å². The summed E-state index contributed by atoms with van der Waals surface area (Å²) >= 11 is 0. The summed E-state index contributed by atoms with van der Waals surface area (Å²) in [5.41, 5.74) is 8.04. The van der Waals surface area contributed by atoms with Crippen molar-refractivity contribution in [1.82, 2.24) is 5.32 Å². The lowest BCUT2D eigenvalue weighted by Gasteiger charge is -2.22. The number of ether oxygens (including phenoxy) is 1. The molecule has 0 bridgehead atoms. The van der Waals surface area contributed by atoms with Crippen LogP contribution in [0.3, 0.4) is 0 Å². The molecule has 100 valence electrons. The maximum atomic E-state index is 11.6. The van der Waals surface area contributed by atoms with Gasteiger partial charge in [0.15, 0.2) is 0 Å². The third-order valence-corrected chi connectivity index (χ3v) is 2.53. The van der Waals surface area contributed by atoms with E-state index in [4.69, 9.17) is 10.5 Å². The lowest BCUT2D eigenvalue weighted by molar-refractivity contribution is 0.0508. The van der Waals surface area contributed by atoms with Crippen LogP contribution in [0.15, 0.2) is 18.2 Å². The zero-order valence-electron chi connectivity index (χ0n) is 11.7. The van der Waals surface area contributed by atoms with Gasteiger partial charge in [0.05, 0.1) is 6.04 Å². The Hall–Kier alpha value is -1.71. The quantitative estimate of drug-likeness (QED) is 0.792. The molecule has 1 rings (SSSR count). The topological polar surface area (TPSA) is 64.3 Å². The van der Waals surface area contributed by atoms with Crippen LogP contribution in [0.5, 0.6) is 0 Å². The molecule has 1 atom stereocenters. The Morgan fingerprint density at radius 1 is 1.39 bits per heavy atom. The number of amides is 1. The fourth-order valence-corrected chi connectivity index (χ4v) is 1.54. The van der Waals surface area contributed by atoms with E-state index in [1.807, 2.05) is 52.8 Å². The van der Waals surface area contributed by atoms with Crippen molar-refractivity contribution in [3.05, 3.63) is 29.3 Å². The minimum Gasteiger partial charge on any atom is -0.444 e. The number of nitrogen functional groups attached to an aromatic ring is 1. The number of anilines is 1. The van der Waals surface area contributed by atoms with E-state index in [0.29, 0.717) is 0 Å². The highest BCUT2D eigenvalue weighted by atomic mass is 16.6. The number of carbonyl (C=O) groups excluding carboxylic acids is 1. The van der Waals surface area contributed by atoms with E-state index in [2.05, 4.69) is 5.32 Å². The van der Waals surface area contributed by atoms with Gasteiger partial charge in [0, 0.05) is 5.69 Å². The van der Waals surface area contributed by atoms with Crippen molar-refractivity contribution in [3.63, 3.8) is 0 Å². The number of nitrogens with two attached hydrogens (primary N) is 1. The summed E-state index contributed by atoms with van der Waals surface area (Å²) < 4.78 is 5.21. The molecule has 0 aromatic heterocycles. The smallest absolute Gasteiger partial charge is 0.408 e. The first-order chi connectivity index (χ1) is 8.19. The van der Waals surface area contributed by atoms with Crippen molar-refractivity contribution in [2.24, 2.45) is 0 Å². The second kappa shape index (κ2) is 5.29. The van der Waals surface area contributed by atoms with E-state index in [9.17, 15) is 4.79 Å². The fourth-order valence-electron chi connectivity index (χ4n) is 1.54. The molecule has 3 N–H and O–H groups in total. The van der Waals surface area contributed by atoms with E-state index in [0.717, 1.165) is 16.8 Å². The molecule has 1 amide bonds. The number of carbonyl (C=O) groups is 1. The van der Waals surface area contributed by atoms with E-state index in [1.54, 1.807) is 0 Å². The number of aryl methyl sites for hydroxylation is 1. The molecule has 0 radical (unpaired) electrons. The van der Waals surface area contributed by atoms with Crippen LogP contribution < -0.4 is 11.1 Å². The Bertz CT molecular complexity index is 436. The van der Waals surface area contributed by atoms with Gasteiger partial charge in [0.2, 0.25) is 0 Å². The number of hydrogen-bond donors (Lipinski definition) is 2. The van der Waals surface area contributed by atoms with Crippen molar-refractivity contribution >= 4 is 11.8 Å². The van der Waals surface area contributed by atoms with Gasteiger partial charge in [-0.25, -0.2) is 4.79 Å². The molecule has 0 unspecified atom stereocenters. The van der Waals surface area contributed by atoms with Crippen LogP contribution in [0, 0.1) is 6.92 Å². The molecule has 18 heavy (non-hydrogen) atoms. The number of benzene rings is 1. The van der Waals surface area contributed by atoms with E-state index in [1.165, 1.54) is 0 Å². The van der Waals surface area contributed by atoms with Gasteiger partial charge in [-0.1, -0.05) is 12.1 Å². The first kappa shape index (κ1) is 14.4. The Morgan fingerprint density at radius 2 is 2.00 bits per heavy atom. The minimum absolute atomic E-state index is 0.112. The van der Waals surface area contributed by atoms with E-state index in [-0.39, 0.29) is 6.04 Å². The predicted octanol–water partition coefficient (Wildman–Crippen LogP) is 3.16. The van der Waals surface area contributed by atoms with E-state index >= 15 is 0 Å². The molecule has 0 heterocycles. The molecule has 1 aromatic rings. The van der Waals surface area contributed by atoms with Gasteiger partial charge >= 0.3 is 6.09 Å². The average molecular weight is 250 g/mol. The molecule has 0 aliphatic rings. The van der Waals surface area contributed by atoms with Crippen LogP contribution in [0.25, 0.3) is 0 Å². The van der Waals surface area contributed by atoms with Gasteiger partial charge in [-0.15, -0.1) is 0 Å². The number of alkyl carbamates (subject to hydrolysis) is 1. The molecular weight excluding hydrogens is 228 g/mol. The highest BCUT2D eigenvalue weighted by Gasteiger charge is 2.18. The summed E-state index contributed by atoms with van der Waals surface area (Å²) in [5, 5.41) is 2.80. The van der Waals surface area contributed by atoms with Gasteiger partial charge in [-0.2, -0.15) is 0 Å². The first-order valence-corrected chi connectivity index (χ1v) is 6.04. The molecule has 1 aromatic carbocycles. The normalized spacial score (nSPS) is 12.9. The summed E-state index contributed by atoms with van der Waals surface area (Å²) in [6.45, 7) is 9.37. The third kappa shape index (κ3) is 4.28. The summed E-state index contributed by atoms with van der Waals surface area (Å²) in [6.07, 6.45) is -0.413. The molecule has 0 saturated carbocycles. The fraction of sp³-hybridized carbons (Fsp3) is 0.500. The van der Waals surface area contributed by atoms with E-state index < -0.39 is 11.7 Å². The van der Waals surface area contributed by atoms with Crippen molar-refractivity contribution in [2.75, 3.05) is 5.73 Å². The maximum Gasteiger partial charge on any atom is 0.408 e. The van der Waals surface area contributed by atoms with Crippen LogP contribution in [0.1, 0.15) is 44.9 Å². The Kier molecular flexibility index (Phi) is 4.22. The Balaban J connectivity index is 2.68. The molecule has 0 fully saturated rings. The van der Waals surface area contributed by atoms with Gasteiger partial charge < -0.3 is 15.8 Å². The zero-order valence-corrected chi connectivity index (χ0v) is 11.7. The summed E-state index contributed by atoms with van der Waals surface area (Å²) in [7, 11) is 0. The molecular formula is C14H22N2O2. The minimum atomic E-state index is -0.485. The van der Waals surface area contributed by atoms with Gasteiger partial charge in [0.25, 0.3) is 0 Å². The summed E-state index contributed by atoms with van der Waals surface area (Å²) in [4.78, 5) is 11.6. The van der Waals surface area contributed by atoms with Gasteiger partial charge in [0.1, 0.15) is 5.60 Å². The van der Waals surface area contributed by atoms with Crippen LogP contribution in [-0.2, 0) is 4.74 Å². The Labute approximate surface area is 109 Å². The first-order valence-electron chi connectivity index (χ1n) is 6.04. The SMILES string of the molecule is Cc1cc([C@H](C)NC(=O)OC(C)(C)C)ccc1N. The van der Waals surface area contributed by atoms with Crippen molar-refractivity contribution in [2.45, 2.75) is 46.3 Å². The average Bonchev–Trinajstić information content (AvgIpc) is 2.18. The van der Waals surface area contributed by atoms with Crippen molar-refractivity contribution in [3.8, 4) is 0 Å². The molecule has 4 nitrogen and oxygen atoms in total. The highest BCUT2D eigenvalue weighted by Crippen LogP contribution is 2.19. The van der Waals surface area contributed by atoms with Gasteiger partial charge in [-0.3, -0.25) is 0 Å². The molecule has 0 aliphatic heterocycles. The lowest BCUT2D eigenvalue weighted by Crippen LogP contribution is -2.34. The second-order valence-electron chi connectivity index (χ2n) is 5.48. The summed E-state index contributed by atoms with van der Waals surface area (Å²) in [6, 6.07) is 5.61. The second-order valence-corrected chi connectivity index (χ2v) is 5.48. The van der Waals surface area contributed by atoms with Crippen LogP contribution in [0.4, 0.5) is 10.5 Å². The van der Waals surface area contributed by atoms with Crippen LogP contribution in [-0.4, -0.2) is 11.7 Å². The zero-order chi connectivity index (χ0) is 13.9. The van der Waals surface area contributed by atoms with Crippen LogP contribution >= 0.6 is 0 Å². The Morgan fingerprint density at radius 3 is 2.50 bits per heavy atom. The maximum absolute atomic E-state index is 11.6. The third-order valence-electron chi connectivity index (χ3n) is 2.53. The number of nitrogens with one attached hydrogen (secondary N) is 1.